The molecular weight excluding hydrogens is 340 g/mol. The van der Waals surface area contributed by atoms with E-state index in [0.717, 1.165) is 38.6 Å². The Morgan fingerprint density at radius 3 is 2.85 bits per heavy atom. The topological polar surface area (TPSA) is 72.1 Å². The summed E-state index contributed by atoms with van der Waals surface area (Å²) in [6.07, 6.45) is 12.6. The lowest BCUT2D eigenvalue weighted by Gasteiger charge is -2.28. The molecule has 6 heteroatoms. The highest BCUT2D eigenvalue weighted by molar-refractivity contribution is 5.77. The Hall–Kier alpha value is -2.24. The molecule has 6 nitrogen and oxygen atoms in total. The van der Waals surface area contributed by atoms with Gasteiger partial charge < -0.3 is 9.42 Å². The van der Waals surface area contributed by atoms with E-state index in [0.29, 0.717) is 35.3 Å². The smallest absolute Gasteiger partial charge is 0.276 e. The molecule has 4 rings (SSSR count). The Kier molecular flexibility index (Phi) is 5.80. The van der Waals surface area contributed by atoms with Crippen LogP contribution in [-0.4, -0.2) is 38.5 Å². The summed E-state index contributed by atoms with van der Waals surface area (Å²) in [6.45, 7) is 0.904. The molecule has 2 aromatic heterocycles. The summed E-state index contributed by atoms with van der Waals surface area (Å²) < 4.78 is 5.34. The molecule has 1 unspecified atom stereocenters. The van der Waals surface area contributed by atoms with E-state index in [2.05, 4.69) is 20.0 Å². The molecule has 1 amide bonds. The van der Waals surface area contributed by atoms with E-state index in [1.807, 2.05) is 18.2 Å². The van der Waals surface area contributed by atoms with Crippen LogP contribution in [0.25, 0.3) is 11.6 Å². The molecule has 0 radical (unpaired) electrons. The van der Waals surface area contributed by atoms with E-state index >= 15 is 0 Å². The minimum absolute atomic E-state index is 0.317. The maximum atomic E-state index is 12.8. The van der Waals surface area contributed by atoms with Crippen molar-refractivity contribution in [2.45, 2.75) is 70.3 Å². The van der Waals surface area contributed by atoms with Crippen LogP contribution < -0.4 is 0 Å². The van der Waals surface area contributed by atoms with Gasteiger partial charge in [0.15, 0.2) is 5.82 Å². The SMILES string of the molecule is O=C(CC1CCCCC1)N1CCCC1CCc1noc(-c2ccccn2)n1. The molecule has 3 heterocycles. The highest BCUT2D eigenvalue weighted by Gasteiger charge is 2.30. The van der Waals surface area contributed by atoms with Crippen LogP contribution >= 0.6 is 0 Å². The number of pyridine rings is 1. The fourth-order valence-electron chi connectivity index (χ4n) is 4.46. The number of amides is 1. The van der Waals surface area contributed by atoms with Gasteiger partial charge in [-0.05, 0) is 50.2 Å². The van der Waals surface area contributed by atoms with Crippen LogP contribution in [-0.2, 0) is 11.2 Å². The average molecular weight is 368 g/mol. The Bertz CT molecular complexity index is 740. The first-order valence-electron chi connectivity index (χ1n) is 10.3. The second-order valence-corrected chi connectivity index (χ2v) is 7.86. The number of aromatic nitrogens is 3. The van der Waals surface area contributed by atoms with Crippen molar-refractivity contribution in [3.63, 3.8) is 0 Å². The van der Waals surface area contributed by atoms with E-state index in [4.69, 9.17) is 4.52 Å². The zero-order chi connectivity index (χ0) is 18.5. The Labute approximate surface area is 160 Å². The van der Waals surface area contributed by atoms with E-state index in [9.17, 15) is 4.79 Å². The van der Waals surface area contributed by atoms with Gasteiger partial charge in [0.2, 0.25) is 5.91 Å². The van der Waals surface area contributed by atoms with Crippen molar-refractivity contribution in [1.29, 1.82) is 0 Å². The summed E-state index contributed by atoms with van der Waals surface area (Å²) in [5.74, 6) is 2.11. The molecule has 0 spiro atoms. The largest absolute Gasteiger partial charge is 0.340 e. The summed E-state index contributed by atoms with van der Waals surface area (Å²) in [6, 6.07) is 5.94. The van der Waals surface area contributed by atoms with Crippen molar-refractivity contribution in [3.05, 3.63) is 30.2 Å². The lowest BCUT2D eigenvalue weighted by atomic mass is 9.86. The number of carbonyl (C=O) groups excluding carboxylic acids is 1. The van der Waals surface area contributed by atoms with Gasteiger partial charge in [0.05, 0.1) is 0 Å². The van der Waals surface area contributed by atoms with E-state index in [-0.39, 0.29) is 0 Å². The first-order valence-corrected chi connectivity index (χ1v) is 10.3. The van der Waals surface area contributed by atoms with Gasteiger partial charge in [-0.2, -0.15) is 4.98 Å². The number of rotatable bonds is 6. The number of hydrogen-bond acceptors (Lipinski definition) is 5. The van der Waals surface area contributed by atoms with Crippen LogP contribution in [0.1, 0.15) is 63.6 Å². The van der Waals surface area contributed by atoms with Gasteiger partial charge in [-0.25, -0.2) is 0 Å². The van der Waals surface area contributed by atoms with Gasteiger partial charge >= 0.3 is 0 Å². The number of hydrogen-bond donors (Lipinski definition) is 0. The fraction of sp³-hybridized carbons (Fsp3) is 0.619. The molecule has 144 valence electrons. The maximum Gasteiger partial charge on any atom is 0.276 e. The zero-order valence-corrected chi connectivity index (χ0v) is 15.8. The van der Waals surface area contributed by atoms with E-state index < -0.39 is 0 Å². The Balaban J connectivity index is 1.31. The van der Waals surface area contributed by atoms with Gasteiger partial charge in [0.1, 0.15) is 5.69 Å². The fourth-order valence-corrected chi connectivity index (χ4v) is 4.46. The molecule has 2 fully saturated rings. The van der Waals surface area contributed by atoms with Crippen LogP contribution in [0, 0.1) is 5.92 Å². The second-order valence-electron chi connectivity index (χ2n) is 7.86. The lowest BCUT2D eigenvalue weighted by Crippen LogP contribution is -2.37. The highest BCUT2D eigenvalue weighted by atomic mass is 16.5. The third-order valence-corrected chi connectivity index (χ3v) is 5.94. The van der Waals surface area contributed by atoms with E-state index in [1.54, 1.807) is 6.20 Å². The molecule has 1 saturated carbocycles. The highest BCUT2D eigenvalue weighted by Crippen LogP contribution is 2.29. The summed E-state index contributed by atoms with van der Waals surface area (Å²) in [4.78, 5) is 23.6. The van der Waals surface area contributed by atoms with Crippen LogP contribution in [0.3, 0.4) is 0 Å². The van der Waals surface area contributed by atoms with Gasteiger partial charge in [-0.15, -0.1) is 0 Å². The van der Waals surface area contributed by atoms with Crippen molar-refractivity contribution in [1.82, 2.24) is 20.0 Å². The van der Waals surface area contributed by atoms with Gasteiger partial charge in [-0.1, -0.05) is 30.5 Å². The Morgan fingerprint density at radius 1 is 1.15 bits per heavy atom. The minimum atomic E-state index is 0.317. The monoisotopic (exact) mass is 368 g/mol. The van der Waals surface area contributed by atoms with E-state index in [1.165, 1.54) is 32.1 Å². The first-order chi connectivity index (χ1) is 13.3. The van der Waals surface area contributed by atoms with Crippen molar-refractivity contribution in [3.8, 4) is 11.6 Å². The zero-order valence-electron chi connectivity index (χ0n) is 15.8. The van der Waals surface area contributed by atoms with Gasteiger partial charge in [0, 0.05) is 31.6 Å². The van der Waals surface area contributed by atoms with Crippen LogP contribution in [0.2, 0.25) is 0 Å². The average Bonchev–Trinajstić information content (AvgIpc) is 3.37. The predicted octanol–water partition coefficient (Wildman–Crippen LogP) is 4.03. The van der Waals surface area contributed by atoms with Crippen LogP contribution in [0.15, 0.2) is 28.9 Å². The van der Waals surface area contributed by atoms with Crippen molar-refractivity contribution in [2.75, 3.05) is 6.54 Å². The quantitative estimate of drug-likeness (QED) is 0.770. The number of nitrogens with zero attached hydrogens (tertiary/aromatic N) is 4. The van der Waals surface area contributed by atoms with Crippen molar-refractivity contribution < 1.29 is 9.32 Å². The number of likely N-dealkylation sites (tertiary alicyclic amines) is 1. The molecule has 1 aliphatic carbocycles. The van der Waals surface area contributed by atoms with Crippen molar-refractivity contribution in [2.24, 2.45) is 5.92 Å². The summed E-state index contributed by atoms with van der Waals surface area (Å²) in [5, 5.41) is 4.09. The summed E-state index contributed by atoms with van der Waals surface area (Å²) in [5.41, 5.74) is 0.696. The third-order valence-electron chi connectivity index (χ3n) is 5.94. The molecule has 1 aliphatic heterocycles. The molecule has 27 heavy (non-hydrogen) atoms. The minimum Gasteiger partial charge on any atom is -0.340 e. The molecule has 0 bridgehead atoms. The summed E-state index contributed by atoms with van der Waals surface area (Å²) >= 11 is 0. The Morgan fingerprint density at radius 2 is 2.04 bits per heavy atom. The molecule has 0 N–H and O–H groups in total. The number of carbonyl (C=O) groups is 1. The third kappa shape index (κ3) is 4.54. The molecule has 1 atom stereocenters. The van der Waals surface area contributed by atoms with Crippen LogP contribution in [0.4, 0.5) is 0 Å². The lowest BCUT2D eigenvalue weighted by molar-refractivity contribution is -0.133. The summed E-state index contributed by atoms with van der Waals surface area (Å²) in [7, 11) is 0. The molecule has 2 aromatic rings. The van der Waals surface area contributed by atoms with Crippen LogP contribution in [0.5, 0.6) is 0 Å². The van der Waals surface area contributed by atoms with Gasteiger partial charge in [0.25, 0.3) is 5.89 Å². The molecular formula is C21H28N4O2. The molecule has 2 aliphatic rings. The molecule has 0 aromatic carbocycles. The predicted molar refractivity (Wildman–Crippen MR) is 102 cm³/mol. The van der Waals surface area contributed by atoms with Crippen molar-refractivity contribution >= 4 is 5.91 Å². The van der Waals surface area contributed by atoms with Gasteiger partial charge in [-0.3, -0.25) is 9.78 Å². The number of aryl methyl sites for hydroxylation is 1. The second kappa shape index (κ2) is 8.63. The standard InChI is InChI=1S/C21H28N4O2/c26-20(15-16-7-2-1-3-8-16)25-14-6-9-17(25)11-12-19-23-21(27-24-19)18-10-4-5-13-22-18/h4-5,10,13,16-17H,1-3,6-9,11-12,14-15H2. The normalized spacial score (nSPS) is 20.9. The maximum absolute atomic E-state index is 12.8. The first kappa shape index (κ1) is 18.1. The molecule has 1 saturated heterocycles.